The SMILES string of the molecule is Cc1cc(OCC[C@H](C)Oc2ccc(Cl)cc2Oc2cccc(F)c2)ccc1CCC(=O)O. The molecule has 1 N–H and O–H groups in total. The number of rotatable bonds is 11. The van der Waals surface area contributed by atoms with Gasteiger partial charge in [0.15, 0.2) is 11.5 Å². The second-order valence-electron chi connectivity index (χ2n) is 7.70. The number of ether oxygens (including phenoxy) is 3. The van der Waals surface area contributed by atoms with Crippen LogP contribution in [0.1, 0.15) is 30.9 Å². The summed E-state index contributed by atoms with van der Waals surface area (Å²) in [7, 11) is 0. The summed E-state index contributed by atoms with van der Waals surface area (Å²) >= 11 is 6.10. The smallest absolute Gasteiger partial charge is 0.303 e. The number of benzene rings is 3. The maximum Gasteiger partial charge on any atom is 0.303 e. The first kappa shape index (κ1) is 24.4. The molecule has 0 unspecified atom stereocenters. The number of aryl methyl sites for hydroxylation is 2. The maximum atomic E-state index is 13.5. The van der Waals surface area contributed by atoms with Crippen molar-refractivity contribution in [2.45, 2.75) is 39.2 Å². The summed E-state index contributed by atoms with van der Waals surface area (Å²) in [5, 5.41) is 9.32. The van der Waals surface area contributed by atoms with Crippen LogP contribution in [0, 0.1) is 12.7 Å². The molecule has 3 aromatic carbocycles. The normalized spacial score (nSPS) is 11.6. The lowest BCUT2D eigenvalue weighted by atomic mass is 10.0. The summed E-state index contributed by atoms with van der Waals surface area (Å²) < 4.78 is 31.1. The third kappa shape index (κ3) is 7.68. The van der Waals surface area contributed by atoms with Crippen LogP contribution in [0.5, 0.6) is 23.0 Å². The lowest BCUT2D eigenvalue weighted by Gasteiger charge is -2.18. The van der Waals surface area contributed by atoms with E-state index < -0.39 is 11.8 Å². The van der Waals surface area contributed by atoms with E-state index in [9.17, 15) is 9.18 Å². The Morgan fingerprint density at radius 3 is 2.61 bits per heavy atom. The third-order valence-corrected chi connectivity index (χ3v) is 5.21. The van der Waals surface area contributed by atoms with E-state index in [1.165, 1.54) is 12.1 Å². The van der Waals surface area contributed by atoms with Gasteiger partial charge in [0.25, 0.3) is 0 Å². The zero-order chi connectivity index (χ0) is 23.8. The molecule has 0 bridgehead atoms. The van der Waals surface area contributed by atoms with Crippen LogP contribution in [0.3, 0.4) is 0 Å². The van der Waals surface area contributed by atoms with Gasteiger partial charge in [-0.05, 0) is 67.8 Å². The van der Waals surface area contributed by atoms with E-state index in [2.05, 4.69) is 0 Å². The molecule has 0 heterocycles. The Morgan fingerprint density at radius 1 is 1.06 bits per heavy atom. The van der Waals surface area contributed by atoms with E-state index in [-0.39, 0.29) is 12.5 Å². The Morgan fingerprint density at radius 2 is 1.88 bits per heavy atom. The molecule has 174 valence electrons. The summed E-state index contributed by atoms with van der Waals surface area (Å²) in [5.41, 5.74) is 1.99. The molecule has 0 saturated heterocycles. The molecule has 0 aliphatic carbocycles. The Bertz CT molecular complexity index is 1100. The quantitative estimate of drug-likeness (QED) is 0.331. The van der Waals surface area contributed by atoms with Gasteiger partial charge in [0.05, 0.1) is 12.7 Å². The van der Waals surface area contributed by atoms with Crippen LogP contribution in [0.25, 0.3) is 0 Å². The minimum atomic E-state index is -0.811. The van der Waals surface area contributed by atoms with Crippen molar-refractivity contribution in [2.75, 3.05) is 6.61 Å². The van der Waals surface area contributed by atoms with Crippen molar-refractivity contribution in [3.63, 3.8) is 0 Å². The van der Waals surface area contributed by atoms with Gasteiger partial charge in [-0.25, -0.2) is 4.39 Å². The van der Waals surface area contributed by atoms with Crippen LogP contribution in [-0.4, -0.2) is 23.8 Å². The lowest BCUT2D eigenvalue weighted by Crippen LogP contribution is -2.16. The highest BCUT2D eigenvalue weighted by atomic mass is 35.5. The summed E-state index contributed by atoms with van der Waals surface area (Å²) in [6, 6.07) is 16.5. The maximum absolute atomic E-state index is 13.5. The fourth-order valence-corrected chi connectivity index (χ4v) is 3.38. The number of aliphatic carboxylic acids is 1. The molecular formula is C26H26ClFO5. The first-order chi connectivity index (χ1) is 15.8. The monoisotopic (exact) mass is 472 g/mol. The Hall–Kier alpha value is -3.25. The predicted octanol–water partition coefficient (Wildman–Crippen LogP) is 6.83. The van der Waals surface area contributed by atoms with Crippen molar-refractivity contribution in [2.24, 2.45) is 0 Å². The third-order valence-electron chi connectivity index (χ3n) is 4.97. The van der Waals surface area contributed by atoms with Crippen molar-refractivity contribution in [3.8, 4) is 23.0 Å². The zero-order valence-corrected chi connectivity index (χ0v) is 19.3. The Kier molecular flexibility index (Phi) is 8.55. The van der Waals surface area contributed by atoms with Gasteiger partial charge in [0.2, 0.25) is 0 Å². The van der Waals surface area contributed by atoms with Gasteiger partial charge in [-0.2, -0.15) is 0 Å². The Balaban J connectivity index is 1.55. The van der Waals surface area contributed by atoms with Gasteiger partial charge in [0, 0.05) is 30.0 Å². The highest BCUT2D eigenvalue weighted by Crippen LogP contribution is 2.35. The zero-order valence-electron chi connectivity index (χ0n) is 18.5. The largest absolute Gasteiger partial charge is 0.493 e. The molecule has 33 heavy (non-hydrogen) atoms. The summed E-state index contributed by atoms with van der Waals surface area (Å²) in [5.74, 6) is 0.755. The number of hydrogen-bond donors (Lipinski definition) is 1. The summed E-state index contributed by atoms with van der Waals surface area (Å²) in [6.45, 7) is 4.30. The molecule has 7 heteroatoms. The van der Waals surface area contributed by atoms with E-state index in [1.54, 1.807) is 30.3 Å². The second-order valence-corrected chi connectivity index (χ2v) is 8.13. The van der Waals surface area contributed by atoms with Crippen LogP contribution in [0.2, 0.25) is 5.02 Å². The molecule has 0 saturated carbocycles. The van der Waals surface area contributed by atoms with Crippen LogP contribution >= 0.6 is 11.6 Å². The lowest BCUT2D eigenvalue weighted by molar-refractivity contribution is -0.136. The van der Waals surface area contributed by atoms with Crippen molar-refractivity contribution in [1.82, 2.24) is 0 Å². The molecule has 0 aromatic heterocycles. The molecule has 0 amide bonds. The molecule has 1 atom stereocenters. The van der Waals surface area contributed by atoms with Crippen LogP contribution < -0.4 is 14.2 Å². The van der Waals surface area contributed by atoms with Crippen LogP contribution in [0.15, 0.2) is 60.7 Å². The minimum absolute atomic E-state index is 0.103. The fraction of sp³-hybridized carbons (Fsp3) is 0.269. The molecule has 3 aromatic rings. The van der Waals surface area contributed by atoms with E-state index >= 15 is 0 Å². The topological polar surface area (TPSA) is 65.0 Å². The number of carbonyl (C=O) groups is 1. The van der Waals surface area contributed by atoms with Crippen molar-refractivity contribution >= 4 is 17.6 Å². The van der Waals surface area contributed by atoms with Gasteiger partial charge in [0.1, 0.15) is 17.3 Å². The fourth-order valence-electron chi connectivity index (χ4n) is 3.22. The molecule has 0 aliphatic rings. The number of carboxylic acids is 1. The van der Waals surface area contributed by atoms with Crippen molar-refractivity contribution in [3.05, 3.63) is 82.6 Å². The minimum Gasteiger partial charge on any atom is -0.493 e. The highest BCUT2D eigenvalue weighted by Gasteiger charge is 2.13. The van der Waals surface area contributed by atoms with Gasteiger partial charge >= 0.3 is 5.97 Å². The van der Waals surface area contributed by atoms with Crippen molar-refractivity contribution in [1.29, 1.82) is 0 Å². The van der Waals surface area contributed by atoms with E-state index in [0.717, 1.165) is 16.9 Å². The average Bonchev–Trinajstić information content (AvgIpc) is 2.75. The molecule has 0 radical (unpaired) electrons. The van der Waals surface area contributed by atoms with Gasteiger partial charge in [-0.1, -0.05) is 23.7 Å². The average molecular weight is 473 g/mol. The standard InChI is InChI=1S/C26H26ClFO5/c1-17-14-22(9-6-19(17)7-11-26(29)30)31-13-12-18(2)32-24-10-8-20(27)15-25(24)33-23-5-3-4-21(28)16-23/h3-6,8-10,14-16,18H,7,11-13H2,1-2H3,(H,29,30)/t18-/m0/s1. The highest BCUT2D eigenvalue weighted by molar-refractivity contribution is 6.30. The van der Waals surface area contributed by atoms with E-state index in [1.807, 2.05) is 32.0 Å². The molecular weight excluding hydrogens is 447 g/mol. The van der Waals surface area contributed by atoms with Gasteiger partial charge < -0.3 is 19.3 Å². The molecule has 3 rings (SSSR count). The number of hydrogen-bond acceptors (Lipinski definition) is 4. The first-order valence-corrected chi connectivity index (χ1v) is 11.0. The Labute approximate surface area is 197 Å². The van der Waals surface area contributed by atoms with Crippen molar-refractivity contribution < 1.29 is 28.5 Å². The van der Waals surface area contributed by atoms with Crippen LogP contribution in [0.4, 0.5) is 4.39 Å². The van der Waals surface area contributed by atoms with E-state index in [0.29, 0.717) is 41.7 Å². The van der Waals surface area contributed by atoms with E-state index in [4.69, 9.17) is 30.9 Å². The van der Waals surface area contributed by atoms with Gasteiger partial charge in [-0.15, -0.1) is 0 Å². The number of carboxylic acid groups (broad SMARTS) is 1. The molecule has 0 spiro atoms. The first-order valence-electron chi connectivity index (χ1n) is 10.6. The molecule has 0 aliphatic heterocycles. The summed E-state index contributed by atoms with van der Waals surface area (Å²) in [4.78, 5) is 10.8. The molecule has 5 nitrogen and oxygen atoms in total. The summed E-state index contributed by atoms with van der Waals surface area (Å²) in [6.07, 6.45) is 1.03. The predicted molar refractivity (Wildman–Crippen MR) is 125 cm³/mol. The van der Waals surface area contributed by atoms with Crippen LogP contribution in [-0.2, 0) is 11.2 Å². The second kappa shape index (κ2) is 11.6. The molecule has 0 fully saturated rings. The number of halogens is 2. The van der Waals surface area contributed by atoms with Gasteiger partial charge in [-0.3, -0.25) is 4.79 Å².